The predicted molar refractivity (Wildman–Crippen MR) is 59.0 cm³/mol. The first-order valence-corrected chi connectivity index (χ1v) is 6.75. The SMILES string of the molecule is Cc1noc(CN2CCN(S(N)(=O)=O)CC2)n1. The van der Waals surface area contributed by atoms with Gasteiger partial charge in [-0.2, -0.15) is 17.7 Å². The molecular formula is C8H15N5O3S. The molecule has 0 atom stereocenters. The van der Waals surface area contributed by atoms with Gasteiger partial charge in [0.1, 0.15) is 0 Å². The molecule has 0 bridgehead atoms. The first-order chi connectivity index (χ1) is 7.95. The van der Waals surface area contributed by atoms with Crippen molar-refractivity contribution in [3.63, 3.8) is 0 Å². The molecule has 8 nitrogen and oxygen atoms in total. The van der Waals surface area contributed by atoms with E-state index in [4.69, 9.17) is 9.66 Å². The van der Waals surface area contributed by atoms with Gasteiger partial charge in [-0.3, -0.25) is 4.90 Å². The first-order valence-electron chi connectivity index (χ1n) is 5.24. The lowest BCUT2D eigenvalue weighted by Gasteiger charge is -2.31. The fraction of sp³-hybridized carbons (Fsp3) is 0.750. The molecular weight excluding hydrogens is 246 g/mol. The fourth-order valence-corrected chi connectivity index (χ4v) is 2.41. The highest BCUT2D eigenvalue weighted by Gasteiger charge is 2.24. The molecule has 1 saturated heterocycles. The number of nitrogens with zero attached hydrogens (tertiary/aromatic N) is 4. The minimum Gasteiger partial charge on any atom is -0.338 e. The van der Waals surface area contributed by atoms with Crippen molar-refractivity contribution < 1.29 is 12.9 Å². The topological polar surface area (TPSA) is 106 Å². The van der Waals surface area contributed by atoms with E-state index in [-0.39, 0.29) is 0 Å². The van der Waals surface area contributed by atoms with Crippen molar-refractivity contribution in [3.8, 4) is 0 Å². The largest absolute Gasteiger partial charge is 0.338 e. The Morgan fingerprint density at radius 3 is 2.47 bits per heavy atom. The van der Waals surface area contributed by atoms with Crippen LogP contribution in [-0.2, 0) is 16.8 Å². The molecule has 0 amide bonds. The molecule has 1 aromatic rings. The second kappa shape index (κ2) is 4.69. The molecule has 1 aliphatic rings. The van der Waals surface area contributed by atoms with Gasteiger partial charge in [0.2, 0.25) is 5.89 Å². The van der Waals surface area contributed by atoms with Crippen LogP contribution in [0.2, 0.25) is 0 Å². The molecule has 1 aromatic heterocycles. The Kier molecular flexibility index (Phi) is 3.43. The van der Waals surface area contributed by atoms with Crippen LogP contribution in [0.4, 0.5) is 0 Å². The highest BCUT2D eigenvalue weighted by Crippen LogP contribution is 2.08. The zero-order chi connectivity index (χ0) is 12.5. The van der Waals surface area contributed by atoms with Crippen molar-refractivity contribution in [3.05, 3.63) is 11.7 Å². The third-order valence-electron chi connectivity index (χ3n) is 2.62. The van der Waals surface area contributed by atoms with Gasteiger partial charge in [0.05, 0.1) is 6.54 Å². The molecule has 1 aliphatic heterocycles. The summed E-state index contributed by atoms with van der Waals surface area (Å²) in [4.78, 5) is 6.15. The lowest BCUT2D eigenvalue weighted by atomic mass is 10.3. The quantitative estimate of drug-likeness (QED) is 0.725. The second-order valence-corrected chi connectivity index (χ2v) is 5.50. The van der Waals surface area contributed by atoms with Gasteiger partial charge in [0.15, 0.2) is 5.82 Å². The van der Waals surface area contributed by atoms with E-state index in [1.807, 2.05) is 0 Å². The zero-order valence-electron chi connectivity index (χ0n) is 9.53. The van der Waals surface area contributed by atoms with Crippen molar-refractivity contribution in [2.24, 2.45) is 5.14 Å². The molecule has 2 rings (SSSR count). The lowest BCUT2D eigenvalue weighted by Crippen LogP contribution is -2.50. The van der Waals surface area contributed by atoms with E-state index in [1.54, 1.807) is 6.92 Å². The van der Waals surface area contributed by atoms with E-state index in [0.29, 0.717) is 44.4 Å². The Labute approximate surface area is 99.6 Å². The Hall–Kier alpha value is -1.03. The molecule has 0 aliphatic carbocycles. The van der Waals surface area contributed by atoms with Crippen molar-refractivity contribution in [2.45, 2.75) is 13.5 Å². The molecule has 2 heterocycles. The Morgan fingerprint density at radius 1 is 1.35 bits per heavy atom. The molecule has 2 N–H and O–H groups in total. The van der Waals surface area contributed by atoms with E-state index in [1.165, 1.54) is 4.31 Å². The van der Waals surface area contributed by atoms with E-state index < -0.39 is 10.2 Å². The summed E-state index contributed by atoms with van der Waals surface area (Å²) in [6.45, 7) is 4.30. The summed E-state index contributed by atoms with van der Waals surface area (Å²) in [7, 11) is -3.56. The van der Waals surface area contributed by atoms with Crippen molar-refractivity contribution >= 4 is 10.2 Å². The van der Waals surface area contributed by atoms with Gasteiger partial charge in [-0.25, -0.2) is 5.14 Å². The van der Waals surface area contributed by atoms with Crippen molar-refractivity contribution in [1.82, 2.24) is 19.3 Å². The van der Waals surface area contributed by atoms with Crippen molar-refractivity contribution in [1.29, 1.82) is 0 Å². The number of aromatic nitrogens is 2. The maximum atomic E-state index is 11.1. The maximum absolute atomic E-state index is 11.1. The Balaban J connectivity index is 1.87. The predicted octanol–water partition coefficient (Wildman–Crippen LogP) is -1.30. The number of rotatable bonds is 3. The molecule has 0 saturated carbocycles. The summed E-state index contributed by atoms with van der Waals surface area (Å²) in [5.74, 6) is 1.15. The Bertz CT molecular complexity index is 477. The van der Waals surface area contributed by atoms with Gasteiger partial charge in [0.25, 0.3) is 10.2 Å². The number of nitrogens with two attached hydrogens (primary N) is 1. The number of piperazine rings is 1. The van der Waals surface area contributed by atoms with E-state index in [0.717, 1.165) is 0 Å². The number of hydrogen-bond acceptors (Lipinski definition) is 6. The lowest BCUT2D eigenvalue weighted by molar-refractivity contribution is 0.163. The Morgan fingerprint density at radius 2 is 2.00 bits per heavy atom. The molecule has 0 radical (unpaired) electrons. The van der Waals surface area contributed by atoms with Crippen LogP contribution in [0, 0.1) is 6.92 Å². The normalized spacial score (nSPS) is 19.6. The van der Waals surface area contributed by atoms with Crippen LogP contribution in [0.3, 0.4) is 0 Å². The van der Waals surface area contributed by atoms with Gasteiger partial charge < -0.3 is 4.52 Å². The first kappa shape index (κ1) is 12.4. The zero-order valence-corrected chi connectivity index (χ0v) is 10.4. The van der Waals surface area contributed by atoms with Gasteiger partial charge in [0, 0.05) is 26.2 Å². The molecule has 0 aromatic carbocycles. The summed E-state index contributed by atoms with van der Waals surface area (Å²) in [6, 6.07) is 0. The monoisotopic (exact) mass is 261 g/mol. The average molecular weight is 261 g/mol. The van der Waals surface area contributed by atoms with Crippen LogP contribution >= 0.6 is 0 Å². The highest BCUT2D eigenvalue weighted by molar-refractivity contribution is 7.86. The third kappa shape index (κ3) is 3.22. The number of aryl methyl sites for hydroxylation is 1. The van der Waals surface area contributed by atoms with E-state index in [2.05, 4.69) is 15.0 Å². The smallest absolute Gasteiger partial charge is 0.276 e. The summed E-state index contributed by atoms with van der Waals surface area (Å²) >= 11 is 0. The highest BCUT2D eigenvalue weighted by atomic mass is 32.2. The molecule has 96 valence electrons. The molecule has 1 fully saturated rings. The van der Waals surface area contributed by atoms with Crippen LogP contribution in [0.1, 0.15) is 11.7 Å². The van der Waals surface area contributed by atoms with Crippen LogP contribution in [0.15, 0.2) is 4.52 Å². The minimum absolute atomic E-state index is 0.395. The van der Waals surface area contributed by atoms with Crippen molar-refractivity contribution in [2.75, 3.05) is 26.2 Å². The van der Waals surface area contributed by atoms with Gasteiger partial charge in [-0.15, -0.1) is 0 Å². The summed E-state index contributed by atoms with van der Waals surface area (Å²) in [6.07, 6.45) is 0. The standard InChI is InChI=1S/C8H15N5O3S/c1-7-10-8(16-11-7)6-12-2-4-13(5-3-12)17(9,14)15/h2-6H2,1H3,(H2,9,14,15). The number of hydrogen-bond donors (Lipinski definition) is 1. The summed E-state index contributed by atoms with van der Waals surface area (Å²) < 4.78 is 28.5. The molecule has 17 heavy (non-hydrogen) atoms. The maximum Gasteiger partial charge on any atom is 0.276 e. The van der Waals surface area contributed by atoms with E-state index in [9.17, 15) is 8.42 Å². The average Bonchev–Trinajstić information content (AvgIpc) is 2.63. The van der Waals surface area contributed by atoms with E-state index >= 15 is 0 Å². The summed E-state index contributed by atoms with van der Waals surface area (Å²) in [5, 5.41) is 8.75. The van der Waals surface area contributed by atoms with Crippen LogP contribution < -0.4 is 5.14 Å². The third-order valence-corrected chi connectivity index (χ3v) is 3.70. The summed E-state index contributed by atoms with van der Waals surface area (Å²) in [5.41, 5.74) is 0. The van der Waals surface area contributed by atoms with Gasteiger partial charge in [-0.05, 0) is 6.92 Å². The van der Waals surface area contributed by atoms with Crippen LogP contribution in [0.25, 0.3) is 0 Å². The van der Waals surface area contributed by atoms with Crippen LogP contribution in [-0.4, -0.2) is 53.9 Å². The van der Waals surface area contributed by atoms with Gasteiger partial charge in [-0.1, -0.05) is 5.16 Å². The van der Waals surface area contributed by atoms with Crippen LogP contribution in [0.5, 0.6) is 0 Å². The second-order valence-electron chi connectivity index (χ2n) is 3.96. The minimum atomic E-state index is -3.56. The van der Waals surface area contributed by atoms with Gasteiger partial charge >= 0.3 is 0 Å². The molecule has 9 heteroatoms. The molecule has 0 spiro atoms. The fourth-order valence-electron chi connectivity index (χ4n) is 1.74. The molecule has 0 unspecified atom stereocenters.